The van der Waals surface area contributed by atoms with Crippen molar-refractivity contribution in [2.45, 2.75) is 51.9 Å². The minimum Gasteiger partial charge on any atom is -0.396 e. The minimum atomic E-state index is -4.53. The molecule has 0 saturated heterocycles. The van der Waals surface area contributed by atoms with E-state index in [0.29, 0.717) is 18.4 Å². The molecule has 2 aromatic heterocycles. The van der Waals surface area contributed by atoms with E-state index in [1.807, 2.05) is 0 Å². The molecule has 0 unspecified atom stereocenters. The van der Waals surface area contributed by atoms with Gasteiger partial charge in [-0.2, -0.15) is 13.2 Å². The molecule has 9 heteroatoms. The zero-order valence-electron chi connectivity index (χ0n) is 17.9. The number of amides is 1. The number of aryl methyl sites for hydroxylation is 1. The number of hydrogen-bond donors (Lipinski definition) is 2. The Balaban J connectivity index is 2.14. The highest BCUT2D eigenvalue weighted by atomic mass is 19.4. The van der Waals surface area contributed by atoms with Crippen LogP contribution < -0.4 is 10.9 Å². The van der Waals surface area contributed by atoms with Crippen LogP contribution in [-0.4, -0.2) is 32.6 Å². The second kappa shape index (κ2) is 9.60. The van der Waals surface area contributed by atoms with Crippen LogP contribution in [0.15, 0.2) is 47.5 Å². The summed E-state index contributed by atoms with van der Waals surface area (Å²) in [5, 5.41) is 11.7. The molecule has 0 aliphatic rings. The first kappa shape index (κ1) is 23.6. The Labute approximate surface area is 183 Å². The first-order valence-corrected chi connectivity index (χ1v) is 10.4. The van der Waals surface area contributed by atoms with Gasteiger partial charge in [-0.3, -0.25) is 14.2 Å². The molecule has 6 nitrogen and oxygen atoms in total. The number of aliphatic hydroxyl groups excluding tert-OH is 1. The molecule has 2 heterocycles. The highest BCUT2D eigenvalue weighted by Gasteiger charge is 2.30. The predicted molar refractivity (Wildman–Crippen MR) is 115 cm³/mol. The number of alkyl halides is 3. The normalized spacial score (nSPS) is 12.0. The van der Waals surface area contributed by atoms with Crippen LogP contribution in [0.1, 0.15) is 37.8 Å². The fourth-order valence-corrected chi connectivity index (χ4v) is 3.59. The maximum Gasteiger partial charge on any atom is 0.416 e. The lowest BCUT2D eigenvalue weighted by molar-refractivity contribution is -0.137. The summed E-state index contributed by atoms with van der Waals surface area (Å²) in [6.07, 6.45) is 0.802. The van der Waals surface area contributed by atoms with E-state index in [9.17, 15) is 22.8 Å². The molecule has 0 spiro atoms. The Morgan fingerprint density at radius 1 is 1.16 bits per heavy atom. The van der Waals surface area contributed by atoms with Crippen molar-refractivity contribution in [1.29, 1.82) is 0 Å². The van der Waals surface area contributed by atoms with Crippen molar-refractivity contribution in [3.05, 3.63) is 64.2 Å². The molecule has 32 heavy (non-hydrogen) atoms. The summed E-state index contributed by atoms with van der Waals surface area (Å²) in [5.41, 5.74) is 0.300. The Morgan fingerprint density at radius 3 is 2.56 bits per heavy atom. The highest BCUT2D eigenvalue weighted by molar-refractivity contribution is 5.77. The number of halogens is 3. The van der Waals surface area contributed by atoms with Crippen LogP contribution >= 0.6 is 0 Å². The number of nitrogens with one attached hydrogen (secondary N) is 1. The summed E-state index contributed by atoms with van der Waals surface area (Å²) >= 11 is 0. The van der Waals surface area contributed by atoms with E-state index >= 15 is 0 Å². The van der Waals surface area contributed by atoms with Crippen LogP contribution in [0.2, 0.25) is 0 Å². The lowest BCUT2D eigenvalue weighted by atomic mass is 10.1. The average Bonchev–Trinajstić information content (AvgIpc) is 3.12. The van der Waals surface area contributed by atoms with E-state index in [4.69, 9.17) is 5.11 Å². The van der Waals surface area contributed by atoms with E-state index in [1.165, 1.54) is 16.7 Å². The number of fused-ring (bicyclic) bond motifs is 1. The summed E-state index contributed by atoms with van der Waals surface area (Å²) in [6.45, 7) is 3.32. The van der Waals surface area contributed by atoms with Crippen molar-refractivity contribution in [2.24, 2.45) is 0 Å². The third-order valence-electron chi connectivity index (χ3n) is 5.03. The Bertz CT molecular complexity index is 1160. The van der Waals surface area contributed by atoms with Crippen LogP contribution in [0.3, 0.4) is 0 Å². The lowest BCUT2D eigenvalue weighted by Gasteiger charge is -2.16. The molecule has 3 aromatic rings. The molecule has 0 fully saturated rings. The van der Waals surface area contributed by atoms with Gasteiger partial charge in [0.05, 0.1) is 11.3 Å². The monoisotopic (exact) mass is 449 g/mol. The molecule has 0 atom stereocenters. The number of carbonyl (C=O) groups is 1. The standard InChI is InChI=1S/C23H26F3N3O3/c1-15(2)27-21(31)14-29-20(17-7-5-8-18(11-17)23(24,25)26)13-28-12-16(6-3-4-9-30)10-19(28)22(29)32/h5,7-8,10-13,15,30H,3-4,6,9,14H2,1-2H3,(H,27,31). The minimum absolute atomic E-state index is 0.0742. The second-order valence-corrected chi connectivity index (χ2v) is 8.03. The van der Waals surface area contributed by atoms with Gasteiger partial charge in [-0.05, 0) is 56.9 Å². The first-order valence-electron chi connectivity index (χ1n) is 10.4. The van der Waals surface area contributed by atoms with Crippen LogP contribution in [0.25, 0.3) is 16.8 Å². The number of benzene rings is 1. The molecule has 2 N–H and O–H groups in total. The highest BCUT2D eigenvalue weighted by Crippen LogP contribution is 2.32. The van der Waals surface area contributed by atoms with E-state index < -0.39 is 23.2 Å². The zero-order valence-corrected chi connectivity index (χ0v) is 17.9. The number of unbranched alkanes of at least 4 members (excludes halogenated alkanes) is 1. The van der Waals surface area contributed by atoms with Gasteiger partial charge < -0.3 is 14.8 Å². The smallest absolute Gasteiger partial charge is 0.396 e. The quantitative estimate of drug-likeness (QED) is 0.516. The van der Waals surface area contributed by atoms with Crippen molar-refractivity contribution in [3.8, 4) is 11.3 Å². The molecular weight excluding hydrogens is 423 g/mol. The van der Waals surface area contributed by atoms with Gasteiger partial charge in [0.25, 0.3) is 5.56 Å². The second-order valence-electron chi connectivity index (χ2n) is 8.03. The lowest BCUT2D eigenvalue weighted by Crippen LogP contribution is -2.36. The Kier molecular flexibility index (Phi) is 7.08. The van der Waals surface area contributed by atoms with Gasteiger partial charge in [0.1, 0.15) is 12.1 Å². The molecule has 1 amide bonds. The maximum atomic E-state index is 13.3. The van der Waals surface area contributed by atoms with E-state index in [-0.39, 0.29) is 30.5 Å². The van der Waals surface area contributed by atoms with Crippen LogP contribution in [0.5, 0.6) is 0 Å². The van der Waals surface area contributed by atoms with Crippen LogP contribution in [0, 0.1) is 0 Å². The largest absolute Gasteiger partial charge is 0.416 e. The maximum absolute atomic E-state index is 13.3. The molecular formula is C23H26F3N3O3. The summed E-state index contributed by atoms with van der Waals surface area (Å²) < 4.78 is 42.6. The molecule has 0 aliphatic carbocycles. The van der Waals surface area contributed by atoms with Gasteiger partial charge in [-0.25, -0.2) is 0 Å². The topological polar surface area (TPSA) is 75.7 Å². The molecule has 0 saturated carbocycles. The summed E-state index contributed by atoms with van der Waals surface area (Å²) in [7, 11) is 0. The molecule has 3 rings (SSSR count). The zero-order chi connectivity index (χ0) is 23.5. The first-order chi connectivity index (χ1) is 15.1. The Morgan fingerprint density at radius 2 is 1.91 bits per heavy atom. The third kappa shape index (κ3) is 5.40. The summed E-state index contributed by atoms with van der Waals surface area (Å²) in [6, 6.07) is 6.27. The van der Waals surface area contributed by atoms with Gasteiger partial charge in [0.15, 0.2) is 0 Å². The van der Waals surface area contributed by atoms with Crippen LogP contribution in [0.4, 0.5) is 13.2 Å². The Hall–Kier alpha value is -3.07. The van der Waals surface area contributed by atoms with Crippen molar-refractivity contribution < 1.29 is 23.1 Å². The number of carbonyl (C=O) groups excluding carboxylic acids is 1. The molecule has 1 aromatic carbocycles. The van der Waals surface area contributed by atoms with Crippen molar-refractivity contribution in [1.82, 2.24) is 14.3 Å². The number of aliphatic hydroxyl groups is 1. The number of aromatic nitrogens is 2. The number of hydrogen-bond acceptors (Lipinski definition) is 3. The van der Waals surface area contributed by atoms with Gasteiger partial charge in [-0.1, -0.05) is 12.1 Å². The van der Waals surface area contributed by atoms with E-state index in [1.54, 1.807) is 36.7 Å². The molecule has 0 bridgehead atoms. The number of rotatable bonds is 8. The van der Waals surface area contributed by atoms with Crippen molar-refractivity contribution in [3.63, 3.8) is 0 Å². The average molecular weight is 449 g/mol. The summed E-state index contributed by atoms with van der Waals surface area (Å²) in [5.74, 6) is -0.408. The van der Waals surface area contributed by atoms with Crippen molar-refractivity contribution in [2.75, 3.05) is 6.61 Å². The SMILES string of the molecule is CC(C)NC(=O)Cn1c(-c2cccc(C(F)(F)F)c2)cn2cc(CCCCO)cc2c1=O. The predicted octanol–water partition coefficient (Wildman–Crippen LogP) is 3.63. The van der Waals surface area contributed by atoms with Crippen LogP contribution in [-0.2, 0) is 23.9 Å². The fraction of sp³-hybridized carbons (Fsp3) is 0.391. The molecule has 172 valence electrons. The fourth-order valence-electron chi connectivity index (χ4n) is 3.59. The van der Waals surface area contributed by atoms with Gasteiger partial charge in [0.2, 0.25) is 5.91 Å². The number of nitrogens with zero attached hydrogens (tertiary/aromatic N) is 2. The molecule has 0 aliphatic heterocycles. The van der Waals surface area contributed by atoms with E-state index in [0.717, 1.165) is 24.1 Å². The van der Waals surface area contributed by atoms with Crippen molar-refractivity contribution >= 4 is 11.4 Å². The third-order valence-corrected chi connectivity index (χ3v) is 5.03. The summed E-state index contributed by atoms with van der Waals surface area (Å²) in [4.78, 5) is 25.7. The van der Waals surface area contributed by atoms with Gasteiger partial charge in [0, 0.05) is 30.6 Å². The molecule has 0 radical (unpaired) electrons. The van der Waals surface area contributed by atoms with Gasteiger partial charge >= 0.3 is 6.18 Å². The van der Waals surface area contributed by atoms with E-state index in [2.05, 4.69) is 5.32 Å². The van der Waals surface area contributed by atoms with Gasteiger partial charge in [-0.15, -0.1) is 0 Å².